The molecule has 0 aliphatic carbocycles. The topological polar surface area (TPSA) is 118 Å². The van der Waals surface area contributed by atoms with Gasteiger partial charge in [-0.15, -0.1) is 0 Å². The molecule has 0 aliphatic heterocycles. The molecule has 2 atom stereocenters. The van der Waals surface area contributed by atoms with Crippen LogP contribution < -0.4 is 20.1 Å². The van der Waals surface area contributed by atoms with E-state index in [2.05, 4.69) is 25.6 Å². The third-order valence-corrected chi connectivity index (χ3v) is 5.51. The number of aliphatic hydroxyl groups is 1. The van der Waals surface area contributed by atoms with Crippen LogP contribution in [0, 0.1) is 13.8 Å². The fourth-order valence-corrected chi connectivity index (χ4v) is 3.54. The Morgan fingerprint density at radius 3 is 2.58 bits per heavy atom. The number of rotatable bonds is 9. The molecule has 0 fully saturated rings. The molecule has 186 valence electrons. The molecular weight excluding hydrogens is 458 g/mol. The Bertz CT molecular complexity index is 1360. The Labute approximate surface area is 209 Å². The Morgan fingerprint density at radius 1 is 1.03 bits per heavy atom. The number of anilines is 2. The summed E-state index contributed by atoms with van der Waals surface area (Å²) in [6, 6.07) is 14.6. The number of aryl methyl sites for hydroxylation is 2. The maximum absolute atomic E-state index is 12.4. The van der Waals surface area contributed by atoms with Crippen LogP contribution in [-0.4, -0.2) is 44.7 Å². The number of fused-ring (bicyclic) bond motifs is 1. The molecule has 9 nitrogen and oxygen atoms in total. The van der Waals surface area contributed by atoms with Crippen LogP contribution in [0.5, 0.6) is 17.2 Å². The summed E-state index contributed by atoms with van der Waals surface area (Å²) in [7, 11) is 0. The highest BCUT2D eigenvalue weighted by Gasteiger charge is 2.19. The molecular formula is C27H29N5O4. The molecule has 0 unspecified atom stereocenters. The molecule has 0 saturated heterocycles. The van der Waals surface area contributed by atoms with Crippen LogP contribution in [0.1, 0.15) is 25.1 Å². The largest absolute Gasteiger partial charge is 0.480 e. The minimum absolute atomic E-state index is 0.153. The zero-order valence-electron chi connectivity index (χ0n) is 20.6. The number of aromatic nitrogens is 3. The summed E-state index contributed by atoms with van der Waals surface area (Å²) in [5.74, 6) is 2.08. The van der Waals surface area contributed by atoms with Gasteiger partial charge in [-0.05, 0) is 75.7 Å². The average Bonchev–Trinajstić information content (AvgIpc) is 2.87. The van der Waals surface area contributed by atoms with Gasteiger partial charge in [0.15, 0.2) is 6.10 Å². The van der Waals surface area contributed by atoms with Crippen molar-refractivity contribution in [2.75, 3.05) is 11.9 Å². The van der Waals surface area contributed by atoms with Crippen molar-refractivity contribution in [1.29, 1.82) is 0 Å². The predicted molar refractivity (Wildman–Crippen MR) is 138 cm³/mol. The van der Waals surface area contributed by atoms with Crippen LogP contribution in [0.2, 0.25) is 0 Å². The molecule has 0 radical (unpaired) electrons. The molecule has 2 heterocycles. The number of carbonyl (C=O) groups is 1. The van der Waals surface area contributed by atoms with Crippen molar-refractivity contribution in [2.24, 2.45) is 0 Å². The van der Waals surface area contributed by atoms with E-state index in [1.165, 1.54) is 6.33 Å². The fourth-order valence-electron chi connectivity index (χ4n) is 3.54. The minimum Gasteiger partial charge on any atom is -0.480 e. The summed E-state index contributed by atoms with van der Waals surface area (Å²) >= 11 is 0. The van der Waals surface area contributed by atoms with E-state index in [1.807, 2.05) is 56.3 Å². The van der Waals surface area contributed by atoms with Gasteiger partial charge in [-0.1, -0.05) is 6.07 Å². The first kappa shape index (κ1) is 24.9. The fraction of sp³-hybridized carbons (Fsp3) is 0.259. The van der Waals surface area contributed by atoms with Crippen LogP contribution in [0.25, 0.3) is 10.9 Å². The number of nitrogens with one attached hydrogen (secondary N) is 2. The average molecular weight is 488 g/mol. The van der Waals surface area contributed by atoms with Crippen LogP contribution in [0.4, 0.5) is 11.5 Å². The van der Waals surface area contributed by atoms with E-state index in [-0.39, 0.29) is 18.6 Å². The van der Waals surface area contributed by atoms with Crippen LogP contribution in [-0.2, 0) is 4.79 Å². The Hall–Kier alpha value is -4.24. The molecule has 9 heteroatoms. The molecule has 0 saturated carbocycles. The maximum Gasteiger partial charge on any atom is 0.261 e. The first-order valence-electron chi connectivity index (χ1n) is 11.6. The Morgan fingerprint density at radius 2 is 1.86 bits per heavy atom. The Kier molecular flexibility index (Phi) is 7.60. The van der Waals surface area contributed by atoms with Crippen molar-refractivity contribution in [3.63, 3.8) is 0 Å². The molecule has 4 aromatic rings. The van der Waals surface area contributed by atoms with Crippen molar-refractivity contribution < 1.29 is 19.4 Å². The molecule has 0 bridgehead atoms. The van der Waals surface area contributed by atoms with E-state index < -0.39 is 6.10 Å². The number of amides is 1. The smallest absolute Gasteiger partial charge is 0.261 e. The van der Waals surface area contributed by atoms with E-state index in [9.17, 15) is 9.90 Å². The van der Waals surface area contributed by atoms with Crippen molar-refractivity contribution in [1.82, 2.24) is 20.3 Å². The van der Waals surface area contributed by atoms with E-state index >= 15 is 0 Å². The summed E-state index contributed by atoms with van der Waals surface area (Å²) in [6.07, 6.45) is 2.39. The number of ether oxygens (including phenoxy) is 2. The minimum atomic E-state index is -0.785. The first-order valence-corrected chi connectivity index (χ1v) is 11.6. The number of benzene rings is 2. The van der Waals surface area contributed by atoms with E-state index in [4.69, 9.17) is 9.47 Å². The summed E-state index contributed by atoms with van der Waals surface area (Å²) in [4.78, 5) is 25.5. The van der Waals surface area contributed by atoms with Crippen LogP contribution in [0.15, 0.2) is 61.1 Å². The lowest BCUT2D eigenvalue weighted by Gasteiger charge is -2.19. The summed E-state index contributed by atoms with van der Waals surface area (Å²) in [5, 5.41) is 15.9. The van der Waals surface area contributed by atoms with Gasteiger partial charge < -0.3 is 25.2 Å². The summed E-state index contributed by atoms with van der Waals surface area (Å²) in [5.41, 5.74) is 3.33. The molecule has 2 aromatic carbocycles. The van der Waals surface area contributed by atoms with Gasteiger partial charge in [0.1, 0.15) is 29.4 Å². The van der Waals surface area contributed by atoms with Gasteiger partial charge in [-0.3, -0.25) is 9.78 Å². The number of pyridine rings is 1. The van der Waals surface area contributed by atoms with Gasteiger partial charge in [0, 0.05) is 17.4 Å². The second kappa shape index (κ2) is 11.0. The summed E-state index contributed by atoms with van der Waals surface area (Å²) in [6.45, 7) is 7.10. The van der Waals surface area contributed by atoms with Crippen molar-refractivity contribution >= 4 is 28.3 Å². The lowest BCUT2D eigenvalue weighted by atomic mass is 10.1. The van der Waals surface area contributed by atoms with Crippen molar-refractivity contribution in [3.05, 3.63) is 72.3 Å². The monoisotopic (exact) mass is 487 g/mol. The van der Waals surface area contributed by atoms with E-state index in [1.54, 1.807) is 26.1 Å². The second-order valence-electron chi connectivity index (χ2n) is 8.57. The SMILES string of the molecule is Cc1ccc(Oc2ccc(Nc3ncnc4cccc(O[C@H](C)C(=O)N[C@H](C)CO)c34)cc2C)cn1. The third-order valence-electron chi connectivity index (χ3n) is 5.51. The van der Waals surface area contributed by atoms with Crippen LogP contribution >= 0.6 is 0 Å². The van der Waals surface area contributed by atoms with Gasteiger partial charge in [0.25, 0.3) is 5.91 Å². The lowest BCUT2D eigenvalue weighted by molar-refractivity contribution is -0.128. The zero-order valence-corrected chi connectivity index (χ0v) is 20.6. The normalized spacial score (nSPS) is 12.6. The van der Waals surface area contributed by atoms with E-state index in [0.29, 0.717) is 28.2 Å². The number of carbonyl (C=O) groups excluding carboxylic acids is 1. The molecule has 36 heavy (non-hydrogen) atoms. The van der Waals surface area contributed by atoms with Gasteiger partial charge in [0.05, 0.1) is 23.7 Å². The predicted octanol–water partition coefficient (Wildman–Crippen LogP) is 4.44. The van der Waals surface area contributed by atoms with E-state index in [0.717, 1.165) is 22.7 Å². The highest BCUT2D eigenvalue weighted by atomic mass is 16.5. The molecule has 0 spiro atoms. The lowest BCUT2D eigenvalue weighted by Crippen LogP contribution is -2.42. The van der Waals surface area contributed by atoms with Gasteiger partial charge in [-0.2, -0.15) is 0 Å². The van der Waals surface area contributed by atoms with Crippen molar-refractivity contribution in [2.45, 2.75) is 39.8 Å². The number of aliphatic hydroxyl groups excluding tert-OH is 1. The van der Waals surface area contributed by atoms with Crippen molar-refractivity contribution in [3.8, 4) is 17.2 Å². The maximum atomic E-state index is 12.4. The quantitative estimate of drug-likeness (QED) is 0.317. The molecule has 4 rings (SSSR count). The number of nitrogens with zero attached hydrogens (tertiary/aromatic N) is 3. The molecule has 3 N–H and O–H groups in total. The third kappa shape index (κ3) is 5.87. The van der Waals surface area contributed by atoms with Gasteiger partial charge >= 0.3 is 0 Å². The molecule has 1 amide bonds. The highest BCUT2D eigenvalue weighted by molar-refractivity contribution is 5.96. The number of hydrogen-bond acceptors (Lipinski definition) is 8. The number of hydrogen-bond donors (Lipinski definition) is 3. The standard InChI is InChI=1S/C27H29N5O4/c1-16-12-20(9-11-23(16)36-21-10-8-17(2)28-13-21)32-26-25-22(29-15-30-26)6-5-7-24(25)35-19(4)27(34)31-18(3)14-33/h5-13,15,18-19,33H,14H2,1-4H3,(H,31,34)(H,29,30,32)/t18-,19-/m1/s1. The molecule has 2 aromatic heterocycles. The second-order valence-corrected chi connectivity index (χ2v) is 8.57. The van der Waals surface area contributed by atoms with Gasteiger partial charge in [-0.25, -0.2) is 9.97 Å². The Balaban J connectivity index is 1.57. The van der Waals surface area contributed by atoms with Crippen LogP contribution in [0.3, 0.4) is 0 Å². The highest BCUT2D eigenvalue weighted by Crippen LogP contribution is 2.33. The molecule has 0 aliphatic rings. The summed E-state index contributed by atoms with van der Waals surface area (Å²) < 4.78 is 12.0. The first-order chi connectivity index (χ1) is 17.3. The zero-order chi connectivity index (χ0) is 25.7. The van der Waals surface area contributed by atoms with Gasteiger partial charge in [0.2, 0.25) is 0 Å².